The molecule has 1 aliphatic carbocycles. The third-order valence-electron chi connectivity index (χ3n) is 3.28. The first kappa shape index (κ1) is 11.8. The van der Waals surface area contributed by atoms with E-state index < -0.39 is 0 Å². The van der Waals surface area contributed by atoms with Crippen LogP contribution in [0.1, 0.15) is 65.7 Å². The lowest BCUT2D eigenvalue weighted by atomic mass is 9.82. The summed E-state index contributed by atoms with van der Waals surface area (Å²) in [6, 6.07) is 0. The molecule has 0 aromatic heterocycles. The molecule has 0 bridgehead atoms. The molecule has 0 heterocycles. The van der Waals surface area contributed by atoms with Gasteiger partial charge in [-0.25, -0.2) is 0 Å². The van der Waals surface area contributed by atoms with E-state index in [1.54, 1.807) is 5.57 Å². The lowest BCUT2D eigenvalue weighted by Gasteiger charge is -2.24. The predicted octanol–water partition coefficient (Wildman–Crippen LogP) is 4.95. The van der Waals surface area contributed by atoms with Crippen molar-refractivity contribution in [1.82, 2.24) is 0 Å². The van der Waals surface area contributed by atoms with Gasteiger partial charge in [-0.2, -0.15) is 0 Å². The Bertz CT molecular complexity index is 166. The molecule has 0 unspecified atom stereocenters. The molecule has 1 aliphatic rings. The Balaban J connectivity index is 2.24. The molecule has 0 spiro atoms. The molecule has 1 fully saturated rings. The highest BCUT2D eigenvalue weighted by molar-refractivity contribution is 5.06. The highest BCUT2D eigenvalue weighted by Gasteiger charge is 2.15. The van der Waals surface area contributed by atoms with Gasteiger partial charge < -0.3 is 0 Å². The Kier molecular flexibility index (Phi) is 5.29. The molecule has 82 valence electrons. The molecule has 0 aliphatic heterocycles. The summed E-state index contributed by atoms with van der Waals surface area (Å²) in [7, 11) is 0. The second kappa shape index (κ2) is 6.27. The van der Waals surface area contributed by atoms with Gasteiger partial charge in [0.1, 0.15) is 0 Å². The molecule has 0 nitrogen and oxygen atoms in total. The minimum absolute atomic E-state index is 0.747. The van der Waals surface area contributed by atoms with Crippen LogP contribution in [0.25, 0.3) is 0 Å². The van der Waals surface area contributed by atoms with E-state index in [4.69, 9.17) is 0 Å². The zero-order valence-electron chi connectivity index (χ0n) is 10.2. The van der Waals surface area contributed by atoms with Crippen LogP contribution in [0.4, 0.5) is 0 Å². The highest BCUT2D eigenvalue weighted by atomic mass is 14.2. The van der Waals surface area contributed by atoms with E-state index in [1.807, 2.05) is 0 Å². The lowest BCUT2D eigenvalue weighted by molar-refractivity contribution is 0.371. The third kappa shape index (κ3) is 4.30. The van der Waals surface area contributed by atoms with Gasteiger partial charge in [0.05, 0.1) is 0 Å². The molecule has 0 radical (unpaired) electrons. The molecule has 0 aromatic carbocycles. The van der Waals surface area contributed by atoms with Crippen molar-refractivity contribution in [1.29, 1.82) is 0 Å². The molecular weight excluding hydrogens is 168 g/mol. The van der Waals surface area contributed by atoms with Crippen LogP contribution in [-0.2, 0) is 0 Å². The fraction of sp³-hybridized carbons (Fsp3) is 0.857. The smallest absolute Gasteiger partial charge is 0.0288 e. The van der Waals surface area contributed by atoms with E-state index >= 15 is 0 Å². The number of hydrogen-bond acceptors (Lipinski definition) is 0. The van der Waals surface area contributed by atoms with E-state index in [0.29, 0.717) is 0 Å². The summed E-state index contributed by atoms with van der Waals surface area (Å²) in [5.74, 6) is 1.79. The number of allylic oxidation sites excluding steroid dienone is 2. The maximum absolute atomic E-state index is 2.48. The van der Waals surface area contributed by atoms with Crippen molar-refractivity contribution in [3.63, 3.8) is 0 Å². The number of hydrogen-bond donors (Lipinski definition) is 0. The van der Waals surface area contributed by atoms with Crippen LogP contribution in [0.2, 0.25) is 0 Å². The quantitative estimate of drug-likeness (QED) is 0.555. The molecule has 0 heteroatoms. The van der Waals surface area contributed by atoms with E-state index in [2.05, 4.69) is 26.8 Å². The molecule has 0 amide bonds. The normalized spacial score (nSPS) is 22.9. The number of unbranched alkanes of at least 4 members (excludes halogenated alkanes) is 1. The van der Waals surface area contributed by atoms with Crippen LogP contribution in [0.5, 0.6) is 0 Å². The summed E-state index contributed by atoms with van der Waals surface area (Å²) in [6.07, 6.45) is 12.4. The van der Waals surface area contributed by atoms with Gasteiger partial charge in [-0.15, -0.1) is 0 Å². The monoisotopic (exact) mass is 194 g/mol. The first-order valence-electron chi connectivity index (χ1n) is 6.42. The Morgan fingerprint density at radius 3 is 2.43 bits per heavy atom. The average Bonchev–Trinajstić information content (AvgIpc) is 2.16. The molecule has 1 rings (SSSR count). The van der Waals surface area contributed by atoms with Gasteiger partial charge in [0.25, 0.3) is 0 Å². The van der Waals surface area contributed by atoms with Crippen molar-refractivity contribution >= 4 is 0 Å². The van der Waals surface area contributed by atoms with Gasteiger partial charge in [0.15, 0.2) is 0 Å². The van der Waals surface area contributed by atoms with Crippen molar-refractivity contribution < 1.29 is 0 Å². The van der Waals surface area contributed by atoms with Gasteiger partial charge in [0, 0.05) is 0 Å². The van der Waals surface area contributed by atoms with E-state index in [0.717, 1.165) is 11.8 Å². The zero-order chi connectivity index (χ0) is 10.4. The summed E-state index contributed by atoms with van der Waals surface area (Å²) < 4.78 is 0. The number of rotatable bonds is 4. The molecule has 0 N–H and O–H groups in total. The average molecular weight is 194 g/mol. The van der Waals surface area contributed by atoms with Crippen LogP contribution in [0, 0.1) is 11.8 Å². The van der Waals surface area contributed by atoms with Crippen molar-refractivity contribution in [3.8, 4) is 0 Å². The molecule has 1 saturated carbocycles. The maximum atomic E-state index is 2.48. The summed E-state index contributed by atoms with van der Waals surface area (Å²) in [5.41, 5.74) is 1.73. The molecule has 14 heavy (non-hydrogen) atoms. The fourth-order valence-electron chi connectivity index (χ4n) is 2.47. The Morgan fingerprint density at radius 1 is 1.29 bits per heavy atom. The maximum Gasteiger partial charge on any atom is -0.0288 e. The van der Waals surface area contributed by atoms with Gasteiger partial charge in [-0.05, 0) is 37.5 Å². The van der Waals surface area contributed by atoms with Crippen molar-refractivity contribution in [2.24, 2.45) is 11.8 Å². The minimum atomic E-state index is 0.747. The minimum Gasteiger partial charge on any atom is -0.0828 e. The summed E-state index contributed by atoms with van der Waals surface area (Å²) in [4.78, 5) is 0. The largest absolute Gasteiger partial charge is 0.0828 e. The third-order valence-corrected chi connectivity index (χ3v) is 3.28. The molecule has 0 aromatic rings. The summed E-state index contributed by atoms with van der Waals surface area (Å²) >= 11 is 0. The summed E-state index contributed by atoms with van der Waals surface area (Å²) in [5, 5.41) is 0. The van der Waals surface area contributed by atoms with Gasteiger partial charge in [0.2, 0.25) is 0 Å². The first-order valence-corrected chi connectivity index (χ1v) is 6.42. The summed E-state index contributed by atoms with van der Waals surface area (Å²) in [6.45, 7) is 6.87. The Labute approximate surface area is 89.8 Å². The standard InChI is InChI=1S/C14H26/c1-4-5-6-13-7-9-14(10-8-13)11-12(2)3/h11-13H,4-10H2,1-3H3. The Hall–Kier alpha value is -0.260. The van der Waals surface area contributed by atoms with Crippen LogP contribution in [-0.4, -0.2) is 0 Å². The highest BCUT2D eigenvalue weighted by Crippen LogP contribution is 2.31. The molecule has 0 saturated heterocycles. The van der Waals surface area contributed by atoms with Crippen molar-refractivity contribution in [3.05, 3.63) is 11.6 Å². The van der Waals surface area contributed by atoms with Gasteiger partial charge in [-0.3, -0.25) is 0 Å². The lowest BCUT2D eigenvalue weighted by Crippen LogP contribution is -2.08. The van der Waals surface area contributed by atoms with Crippen molar-refractivity contribution in [2.45, 2.75) is 65.7 Å². The predicted molar refractivity (Wildman–Crippen MR) is 64.4 cm³/mol. The van der Waals surface area contributed by atoms with E-state index in [-0.39, 0.29) is 0 Å². The van der Waals surface area contributed by atoms with Gasteiger partial charge >= 0.3 is 0 Å². The van der Waals surface area contributed by atoms with Crippen LogP contribution in [0.15, 0.2) is 11.6 Å². The van der Waals surface area contributed by atoms with Crippen LogP contribution >= 0.6 is 0 Å². The Morgan fingerprint density at radius 2 is 1.93 bits per heavy atom. The van der Waals surface area contributed by atoms with E-state index in [1.165, 1.54) is 44.9 Å². The zero-order valence-corrected chi connectivity index (χ0v) is 10.2. The second-order valence-electron chi connectivity index (χ2n) is 5.15. The van der Waals surface area contributed by atoms with Crippen molar-refractivity contribution in [2.75, 3.05) is 0 Å². The van der Waals surface area contributed by atoms with E-state index in [9.17, 15) is 0 Å². The molecule has 0 atom stereocenters. The molecular formula is C14H26. The van der Waals surface area contributed by atoms with Crippen LogP contribution < -0.4 is 0 Å². The second-order valence-corrected chi connectivity index (χ2v) is 5.15. The van der Waals surface area contributed by atoms with Crippen LogP contribution in [0.3, 0.4) is 0 Å². The first-order chi connectivity index (χ1) is 6.72. The SMILES string of the molecule is CCCCC1CCC(=CC(C)C)CC1. The fourth-order valence-corrected chi connectivity index (χ4v) is 2.47. The topological polar surface area (TPSA) is 0 Å². The van der Waals surface area contributed by atoms with Gasteiger partial charge in [-0.1, -0.05) is 51.7 Å².